The van der Waals surface area contributed by atoms with Crippen LogP contribution in [0.15, 0.2) is 89.5 Å². The maximum absolute atomic E-state index is 12.4. The summed E-state index contributed by atoms with van der Waals surface area (Å²) in [6, 6.07) is 23.2. The molecule has 1 aliphatic heterocycles. The van der Waals surface area contributed by atoms with Crippen LogP contribution in [0.1, 0.15) is 33.9 Å². The van der Waals surface area contributed by atoms with Gasteiger partial charge in [-0.1, -0.05) is 24.3 Å². The molecule has 1 fully saturated rings. The summed E-state index contributed by atoms with van der Waals surface area (Å²) in [5.74, 6) is 0.467. The molecule has 9 nitrogen and oxygen atoms in total. The first kappa shape index (κ1) is 26.1. The van der Waals surface area contributed by atoms with Gasteiger partial charge in [-0.15, -0.1) is 0 Å². The molecular formula is C29H26N4O5S. The van der Waals surface area contributed by atoms with Crippen LogP contribution in [-0.2, 0) is 14.3 Å². The number of aromatic nitrogens is 1. The fourth-order valence-electron chi connectivity index (χ4n) is 4.60. The van der Waals surface area contributed by atoms with Gasteiger partial charge in [-0.2, -0.15) is 0 Å². The standard InChI is InChI=1S/C29H26N4O5S/c1-36-17-25(34)31-18-10-12-19(13-11-18)33-27(26(32-29(33)39)22-9-5-6-16-30-22)24-15-14-23(38-24)20-7-3-4-8-21(20)28(35)37-2/h3-16,26-27H,17H2,1-2H3,(H,31,34)(H,32,39)/t26-,27+/m0/s1. The van der Waals surface area contributed by atoms with E-state index in [0.717, 1.165) is 11.4 Å². The predicted molar refractivity (Wildman–Crippen MR) is 150 cm³/mol. The lowest BCUT2D eigenvalue weighted by Gasteiger charge is -2.26. The third-order valence-corrected chi connectivity index (χ3v) is 6.63. The van der Waals surface area contributed by atoms with Gasteiger partial charge in [0.05, 0.1) is 24.4 Å². The van der Waals surface area contributed by atoms with Gasteiger partial charge in [0.15, 0.2) is 5.11 Å². The maximum atomic E-state index is 12.4. The molecule has 10 heteroatoms. The summed E-state index contributed by atoms with van der Waals surface area (Å²) >= 11 is 5.78. The summed E-state index contributed by atoms with van der Waals surface area (Å²) in [4.78, 5) is 30.8. The molecule has 39 heavy (non-hydrogen) atoms. The third-order valence-electron chi connectivity index (χ3n) is 6.32. The van der Waals surface area contributed by atoms with Gasteiger partial charge >= 0.3 is 5.97 Å². The number of benzene rings is 2. The largest absolute Gasteiger partial charge is 0.465 e. The number of ether oxygens (including phenoxy) is 2. The minimum absolute atomic E-state index is 0.0321. The van der Waals surface area contributed by atoms with Crippen LogP contribution in [0, 0.1) is 0 Å². The number of rotatable bonds is 8. The molecule has 0 saturated carbocycles. The molecule has 4 aromatic rings. The van der Waals surface area contributed by atoms with Crippen molar-refractivity contribution in [1.29, 1.82) is 0 Å². The first-order chi connectivity index (χ1) is 19.0. The molecule has 0 bridgehead atoms. The van der Waals surface area contributed by atoms with E-state index in [9.17, 15) is 9.59 Å². The number of furan rings is 1. The third kappa shape index (κ3) is 5.38. The van der Waals surface area contributed by atoms with Crippen LogP contribution < -0.4 is 15.5 Å². The zero-order valence-electron chi connectivity index (χ0n) is 21.3. The molecule has 2 aromatic carbocycles. The fraction of sp³-hybridized carbons (Fsp3) is 0.172. The summed E-state index contributed by atoms with van der Waals surface area (Å²) in [5.41, 5.74) is 3.26. The van der Waals surface area contributed by atoms with Crippen molar-refractivity contribution in [3.05, 3.63) is 102 Å². The van der Waals surface area contributed by atoms with E-state index >= 15 is 0 Å². The summed E-state index contributed by atoms with van der Waals surface area (Å²) in [6.45, 7) is -0.0321. The second-order valence-electron chi connectivity index (χ2n) is 8.76. The highest BCUT2D eigenvalue weighted by atomic mass is 32.1. The number of carbonyl (C=O) groups excluding carboxylic acids is 2. The Hall–Kier alpha value is -4.54. The maximum Gasteiger partial charge on any atom is 0.338 e. The lowest BCUT2D eigenvalue weighted by atomic mass is 10.0. The van der Waals surface area contributed by atoms with Crippen LogP contribution in [0.25, 0.3) is 11.3 Å². The highest BCUT2D eigenvalue weighted by Crippen LogP contribution is 2.43. The van der Waals surface area contributed by atoms with Crippen LogP contribution >= 0.6 is 12.2 Å². The highest BCUT2D eigenvalue weighted by Gasteiger charge is 2.42. The fourth-order valence-corrected chi connectivity index (χ4v) is 4.94. The topological polar surface area (TPSA) is 106 Å². The number of esters is 1. The van der Waals surface area contributed by atoms with Crippen LogP contribution in [0.2, 0.25) is 0 Å². The van der Waals surface area contributed by atoms with Crippen LogP contribution in [0.5, 0.6) is 0 Å². The number of hydrogen-bond acceptors (Lipinski definition) is 7. The minimum atomic E-state index is -0.446. The zero-order valence-corrected chi connectivity index (χ0v) is 22.1. The minimum Gasteiger partial charge on any atom is -0.465 e. The number of pyridine rings is 1. The quantitative estimate of drug-likeness (QED) is 0.238. The molecule has 2 aromatic heterocycles. The molecule has 1 aliphatic rings. The normalized spacial score (nSPS) is 16.6. The molecular weight excluding hydrogens is 516 g/mol. The highest BCUT2D eigenvalue weighted by molar-refractivity contribution is 7.80. The smallest absolute Gasteiger partial charge is 0.338 e. The number of methoxy groups -OCH3 is 2. The predicted octanol–water partition coefficient (Wildman–Crippen LogP) is 4.89. The Bertz CT molecular complexity index is 1490. The van der Waals surface area contributed by atoms with E-state index in [1.54, 1.807) is 30.5 Å². The van der Waals surface area contributed by atoms with Gasteiger partial charge in [0.25, 0.3) is 0 Å². The van der Waals surface area contributed by atoms with Gasteiger partial charge in [0, 0.05) is 30.2 Å². The molecule has 1 amide bonds. The number of nitrogens with one attached hydrogen (secondary N) is 2. The molecule has 0 spiro atoms. The Balaban J connectivity index is 1.53. The summed E-state index contributed by atoms with van der Waals surface area (Å²) in [6.07, 6.45) is 1.73. The van der Waals surface area contributed by atoms with Crippen molar-refractivity contribution in [3.63, 3.8) is 0 Å². The van der Waals surface area contributed by atoms with Gasteiger partial charge in [-0.05, 0) is 66.8 Å². The first-order valence-electron chi connectivity index (χ1n) is 12.2. The lowest BCUT2D eigenvalue weighted by molar-refractivity contribution is -0.119. The van der Waals surface area contributed by atoms with Gasteiger partial charge in [0.1, 0.15) is 24.2 Å². The average Bonchev–Trinajstić information content (AvgIpc) is 3.58. The molecule has 198 valence electrons. The van der Waals surface area contributed by atoms with Gasteiger partial charge in [-0.3, -0.25) is 9.78 Å². The number of hydrogen-bond donors (Lipinski definition) is 2. The van der Waals surface area contributed by atoms with Crippen molar-refractivity contribution in [1.82, 2.24) is 10.3 Å². The Labute approximate surface area is 230 Å². The van der Waals surface area contributed by atoms with Crippen molar-refractivity contribution in [3.8, 4) is 11.3 Å². The number of nitrogens with zero attached hydrogens (tertiary/aromatic N) is 2. The van der Waals surface area contributed by atoms with Crippen LogP contribution in [0.3, 0.4) is 0 Å². The van der Waals surface area contributed by atoms with Crippen molar-refractivity contribution in [2.45, 2.75) is 12.1 Å². The number of amides is 1. The summed E-state index contributed by atoms with van der Waals surface area (Å²) in [7, 11) is 2.82. The molecule has 5 rings (SSSR count). The van der Waals surface area contributed by atoms with Crippen LogP contribution in [0.4, 0.5) is 11.4 Å². The molecule has 2 N–H and O–H groups in total. The first-order valence-corrected chi connectivity index (χ1v) is 12.6. The molecule has 0 unspecified atom stereocenters. The zero-order chi connectivity index (χ0) is 27.4. The van der Waals surface area contributed by atoms with E-state index in [1.807, 2.05) is 59.5 Å². The summed E-state index contributed by atoms with van der Waals surface area (Å²) < 4.78 is 16.2. The Morgan fingerprint density at radius 2 is 1.79 bits per heavy atom. The van der Waals surface area contributed by atoms with Gasteiger partial charge in [0.2, 0.25) is 5.91 Å². The van der Waals surface area contributed by atoms with E-state index in [0.29, 0.717) is 33.4 Å². The van der Waals surface area contributed by atoms with E-state index < -0.39 is 5.97 Å². The van der Waals surface area contributed by atoms with Crippen LogP contribution in [-0.4, -0.2) is 42.8 Å². The molecule has 0 radical (unpaired) electrons. The Morgan fingerprint density at radius 3 is 2.51 bits per heavy atom. The monoisotopic (exact) mass is 542 g/mol. The molecule has 1 saturated heterocycles. The molecule has 2 atom stereocenters. The second kappa shape index (κ2) is 11.5. The van der Waals surface area contributed by atoms with E-state index in [2.05, 4.69) is 15.6 Å². The average molecular weight is 543 g/mol. The van der Waals surface area contributed by atoms with E-state index in [1.165, 1.54) is 14.2 Å². The van der Waals surface area contributed by atoms with E-state index in [-0.39, 0.29) is 24.6 Å². The Morgan fingerprint density at radius 1 is 1.03 bits per heavy atom. The SMILES string of the molecule is COCC(=O)Nc1ccc(N2C(=S)N[C@@H](c3ccccn3)[C@H]2c2ccc(-c3ccccc3C(=O)OC)o2)cc1. The van der Waals surface area contributed by atoms with Crippen molar-refractivity contribution < 1.29 is 23.5 Å². The number of thiocarbonyl (C=S) groups is 1. The number of anilines is 2. The molecule has 3 heterocycles. The van der Waals surface area contributed by atoms with Crippen molar-refractivity contribution in [2.24, 2.45) is 0 Å². The van der Waals surface area contributed by atoms with Crippen molar-refractivity contribution >= 4 is 40.6 Å². The molecule has 0 aliphatic carbocycles. The Kier molecular flexibility index (Phi) is 7.67. The number of carbonyl (C=O) groups is 2. The second-order valence-corrected chi connectivity index (χ2v) is 9.15. The van der Waals surface area contributed by atoms with Crippen molar-refractivity contribution in [2.75, 3.05) is 31.0 Å². The summed E-state index contributed by atoms with van der Waals surface area (Å²) in [5, 5.41) is 6.69. The van der Waals surface area contributed by atoms with Gasteiger partial charge in [-0.25, -0.2) is 4.79 Å². The van der Waals surface area contributed by atoms with E-state index in [4.69, 9.17) is 26.1 Å². The lowest BCUT2D eigenvalue weighted by Crippen LogP contribution is -2.29. The van der Waals surface area contributed by atoms with Gasteiger partial charge < -0.3 is 29.4 Å².